The summed E-state index contributed by atoms with van der Waals surface area (Å²) in [7, 11) is 3.48. The average molecular weight is 321 g/mol. The first-order chi connectivity index (χ1) is 11.0. The molecule has 0 atom stereocenters. The third-order valence-corrected chi connectivity index (χ3v) is 4.84. The number of hydrogen-bond acceptors (Lipinski definition) is 8. The zero-order valence-electron chi connectivity index (χ0n) is 13.6. The van der Waals surface area contributed by atoms with Crippen LogP contribution in [0.3, 0.4) is 0 Å². The van der Waals surface area contributed by atoms with E-state index in [9.17, 15) is 4.79 Å². The largest absolute Gasteiger partial charge is 0.464 e. The molecular weight excluding hydrogens is 298 g/mol. The highest BCUT2D eigenvalue weighted by atomic mass is 16.5. The highest BCUT2D eigenvalue weighted by molar-refractivity contribution is 5.88. The van der Waals surface area contributed by atoms with Crippen LogP contribution >= 0.6 is 0 Å². The van der Waals surface area contributed by atoms with Crippen LogP contribution in [0.25, 0.3) is 0 Å². The SMILES string of the molecule is COC(=O)c1cc(N)nc(N2CCN(C)C3(CCOCC3)C2)n1. The van der Waals surface area contributed by atoms with Crippen molar-refractivity contribution >= 4 is 17.7 Å². The Kier molecular flexibility index (Phi) is 4.36. The van der Waals surface area contributed by atoms with E-state index >= 15 is 0 Å². The molecule has 0 saturated carbocycles. The topological polar surface area (TPSA) is 93.8 Å². The fraction of sp³-hybridized carbons (Fsp3) is 0.667. The molecule has 8 nitrogen and oxygen atoms in total. The second-order valence-corrected chi connectivity index (χ2v) is 6.15. The summed E-state index contributed by atoms with van der Waals surface area (Å²) >= 11 is 0. The molecular formula is C15H23N5O3. The molecule has 0 bridgehead atoms. The van der Waals surface area contributed by atoms with Crippen molar-refractivity contribution in [1.82, 2.24) is 14.9 Å². The molecule has 3 heterocycles. The molecule has 2 saturated heterocycles. The van der Waals surface area contributed by atoms with Gasteiger partial charge in [-0.15, -0.1) is 0 Å². The summed E-state index contributed by atoms with van der Waals surface area (Å²) in [5.41, 5.74) is 6.10. The number of ether oxygens (including phenoxy) is 2. The second-order valence-electron chi connectivity index (χ2n) is 6.15. The van der Waals surface area contributed by atoms with Crippen LogP contribution < -0.4 is 10.6 Å². The molecule has 2 fully saturated rings. The number of likely N-dealkylation sites (N-methyl/N-ethyl adjacent to an activating group) is 1. The zero-order chi connectivity index (χ0) is 16.4. The van der Waals surface area contributed by atoms with Crippen molar-refractivity contribution in [3.05, 3.63) is 11.8 Å². The van der Waals surface area contributed by atoms with Gasteiger partial charge in [-0.2, -0.15) is 4.98 Å². The van der Waals surface area contributed by atoms with E-state index in [-0.39, 0.29) is 17.1 Å². The van der Waals surface area contributed by atoms with Crippen LogP contribution in [0.2, 0.25) is 0 Å². The van der Waals surface area contributed by atoms with E-state index in [4.69, 9.17) is 15.2 Å². The minimum absolute atomic E-state index is 0.0654. The van der Waals surface area contributed by atoms with Gasteiger partial charge in [-0.25, -0.2) is 9.78 Å². The molecule has 1 spiro atoms. The molecule has 8 heteroatoms. The Morgan fingerprint density at radius 2 is 2.09 bits per heavy atom. The fourth-order valence-electron chi connectivity index (χ4n) is 3.33. The van der Waals surface area contributed by atoms with E-state index in [2.05, 4.69) is 26.8 Å². The normalized spacial score (nSPS) is 21.4. The third kappa shape index (κ3) is 3.09. The third-order valence-electron chi connectivity index (χ3n) is 4.84. The maximum Gasteiger partial charge on any atom is 0.356 e. The molecule has 3 rings (SSSR count). The van der Waals surface area contributed by atoms with Crippen LogP contribution in [0.5, 0.6) is 0 Å². The Morgan fingerprint density at radius 3 is 2.78 bits per heavy atom. The summed E-state index contributed by atoms with van der Waals surface area (Å²) in [6.07, 6.45) is 1.96. The molecule has 2 N–H and O–H groups in total. The number of anilines is 2. The van der Waals surface area contributed by atoms with Crippen LogP contribution in [0.1, 0.15) is 23.3 Å². The maximum absolute atomic E-state index is 11.7. The molecule has 0 radical (unpaired) electrons. The molecule has 0 amide bonds. The predicted molar refractivity (Wildman–Crippen MR) is 85.4 cm³/mol. The Bertz CT molecular complexity index is 588. The smallest absolute Gasteiger partial charge is 0.356 e. The van der Waals surface area contributed by atoms with Crippen LogP contribution in [0, 0.1) is 0 Å². The number of nitrogens with zero attached hydrogens (tertiary/aromatic N) is 4. The van der Waals surface area contributed by atoms with Gasteiger partial charge in [0.05, 0.1) is 7.11 Å². The quantitative estimate of drug-likeness (QED) is 0.769. The maximum atomic E-state index is 11.7. The Labute approximate surface area is 135 Å². The lowest BCUT2D eigenvalue weighted by molar-refractivity contribution is -0.0223. The summed E-state index contributed by atoms with van der Waals surface area (Å²) in [4.78, 5) is 24.9. The van der Waals surface area contributed by atoms with Crippen LogP contribution in [-0.4, -0.2) is 73.4 Å². The monoisotopic (exact) mass is 321 g/mol. The minimum atomic E-state index is -0.504. The first-order valence-electron chi connectivity index (χ1n) is 7.81. The summed E-state index contributed by atoms with van der Waals surface area (Å²) in [6, 6.07) is 1.44. The van der Waals surface area contributed by atoms with E-state index in [0.717, 1.165) is 45.7 Å². The first-order valence-corrected chi connectivity index (χ1v) is 7.81. The highest BCUT2D eigenvalue weighted by Gasteiger charge is 2.41. The first kappa shape index (κ1) is 15.9. The standard InChI is InChI=1S/C15H23N5O3/c1-19-5-6-20(10-15(19)3-7-23-8-4-15)14-17-11(13(21)22-2)9-12(16)18-14/h9H,3-8,10H2,1-2H3,(H2,16,17,18). The number of carbonyl (C=O) groups is 1. The Balaban J connectivity index is 1.86. The van der Waals surface area contributed by atoms with Crippen molar-refractivity contribution in [3.8, 4) is 0 Å². The van der Waals surface area contributed by atoms with Crippen LogP contribution in [-0.2, 0) is 9.47 Å². The lowest BCUT2D eigenvalue weighted by Crippen LogP contribution is -2.63. The van der Waals surface area contributed by atoms with E-state index in [0.29, 0.717) is 5.95 Å². The van der Waals surface area contributed by atoms with Gasteiger partial charge in [0.15, 0.2) is 5.69 Å². The molecule has 2 aliphatic rings. The van der Waals surface area contributed by atoms with E-state index in [1.54, 1.807) is 0 Å². The van der Waals surface area contributed by atoms with E-state index in [1.165, 1.54) is 13.2 Å². The number of nitrogens with two attached hydrogens (primary N) is 1. The van der Waals surface area contributed by atoms with E-state index in [1.807, 2.05) is 0 Å². The van der Waals surface area contributed by atoms with Gasteiger partial charge >= 0.3 is 5.97 Å². The van der Waals surface area contributed by atoms with Gasteiger partial charge in [-0.1, -0.05) is 0 Å². The average Bonchev–Trinajstić information content (AvgIpc) is 2.57. The Morgan fingerprint density at radius 1 is 1.35 bits per heavy atom. The van der Waals surface area contributed by atoms with Gasteiger partial charge in [0, 0.05) is 44.5 Å². The van der Waals surface area contributed by atoms with E-state index < -0.39 is 5.97 Å². The number of carbonyl (C=O) groups excluding carboxylic acids is 1. The minimum Gasteiger partial charge on any atom is -0.464 e. The number of hydrogen-bond donors (Lipinski definition) is 1. The second kappa shape index (κ2) is 6.29. The molecule has 2 aliphatic heterocycles. The number of methoxy groups -OCH3 is 1. The lowest BCUT2D eigenvalue weighted by atomic mass is 9.86. The number of nitrogen functional groups attached to an aromatic ring is 1. The summed E-state index contributed by atoms with van der Waals surface area (Å²) in [5, 5.41) is 0. The molecule has 1 aromatic heterocycles. The van der Waals surface area contributed by atoms with Crippen LogP contribution in [0.15, 0.2) is 6.07 Å². The zero-order valence-corrected chi connectivity index (χ0v) is 13.6. The van der Waals surface area contributed by atoms with Gasteiger partial charge in [0.2, 0.25) is 5.95 Å². The summed E-state index contributed by atoms with van der Waals surface area (Å²) < 4.78 is 10.2. The number of rotatable bonds is 2. The molecule has 23 heavy (non-hydrogen) atoms. The number of piperazine rings is 1. The van der Waals surface area contributed by atoms with Crippen LogP contribution in [0.4, 0.5) is 11.8 Å². The molecule has 0 aliphatic carbocycles. The molecule has 126 valence electrons. The van der Waals surface area contributed by atoms with Gasteiger partial charge < -0.3 is 20.1 Å². The fourth-order valence-corrected chi connectivity index (χ4v) is 3.33. The number of esters is 1. The van der Waals surface area contributed by atoms with Gasteiger partial charge in [-0.05, 0) is 19.9 Å². The lowest BCUT2D eigenvalue weighted by Gasteiger charge is -2.51. The summed E-state index contributed by atoms with van der Waals surface area (Å²) in [6.45, 7) is 4.04. The van der Waals surface area contributed by atoms with Gasteiger partial charge in [0.1, 0.15) is 5.82 Å². The Hall–Kier alpha value is -1.93. The molecule has 1 aromatic rings. The van der Waals surface area contributed by atoms with Crippen molar-refractivity contribution < 1.29 is 14.3 Å². The summed E-state index contributed by atoms with van der Waals surface area (Å²) in [5.74, 6) is 0.259. The van der Waals surface area contributed by atoms with Crippen molar-refractivity contribution in [2.45, 2.75) is 18.4 Å². The van der Waals surface area contributed by atoms with Gasteiger partial charge in [-0.3, -0.25) is 4.90 Å². The van der Waals surface area contributed by atoms with Crippen molar-refractivity contribution in [1.29, 1.82) is 0 Å². The van der Waals surface area contributed by atoms with Crippen molar-refractivity contribution in [3.63, 3.8) is 0 Å². The van der Waals surface area contributed by atoms with Crippen molar-refractivity contribution in [2.24, 2.45) is 0 Å². The van der Waals surface area contributed by atoms with Crippen molar-refractivity contribution in [2.75, 3.05) is 57.6 Å². The van der Waals surface area contributed by atoms with Gasteiger partial charge in [0.25, 0.3) is 0 Å². The molecule has 0 unspecified atom stereocenters. The highest BCUT2D eigenvalue weighted by Crippen LogP contribution is 2.32. The predicted octanol–water partition coefficient (Wildman–Crippen LogP) is 0.146. The molecule has 0 aromatic carbocycles. The number of aromatic nitrogens is 2.